The molecule has 0 N–H and O–H groups in total. The summed E-state index contributed by atoms with van der Waals surface area (Å²) in [7, 11) is 0. The molecule has 0 spiro atoms. The standard InChI is InChI=1S/C52H36N2/c1-3-16-38(17-4-1)46-35-32-40(44-26-15-19-37-18-7-8-22-43(37)44)36-52(46)53(41-20-5-2-6-21-41)42-33-30-39(31-34-42)45-23-9-12-27-49(45)54-50-28-13-10-24-47(50)48-25-11-14-29-51(48)54/h1-36H. The van der Waals surface area contributed by atoms with Crippen LogP contribution < -0.4 is 4.90 Å². The highest BCUT2D eigenvalue weighted by molar-refractivity contribution is 6.09. The summed E-state index contributed by atoms with van der Waals surface area (Å²) in [6, 6.07) is 78.9. The van der Waals surface area contributed by atoms with Gasteiger partial charge in [-0.15, -0.1) is 0 Å². The van der Waals surface area contributed by atoms with Crippen molar-refractivity contribution in [1.82, 2.24) is 4.57 Å². The zero-order chi connectivity index (χ0) is 35.8. The fourth-order valence-electron chi connectivity index (χ4n) is 8.11. The Morgan fingerprint density at radius 1 is 0.315 bits per heavy atom. The molecule has 0 bridgehead atoms. The highest BCUT2D eigenvalue weighted by Crippen LogP contribution is 2.44. The van der Waals surface area contributed by atoms with E-state index in [1.54, 1.807) is 0 Å². The monoisotopic (exact) mass is 688 g/mol. The minimum Gasteiger partial charge on any atom is -0.310 e. The fraction of sp³-hybridized carbons (Fsp3) is 0. The van der Waals surface area contributed by atoms with Crippen LogP contribution >= 0.6 is 0 Å². The number of hydrogen-bond acceptors (Lipinski definition) is 1. The largest absolute Gasteiger partial charge is 0.310 e. The maximum Gasteiger partial charge on any atom is 0.0546 e. The van der Waals surface area contributed by atoms with Crippen LogP contribution in [0.5, 0.6) is 0 Å². The van der Waals surface area contributed by atoms with Crippen LogP contribution in [-0.4, -0.2) is 4.57 Å². The summed E-state index contributed by atoms with van der Waals surface area (Å²) in [6.07, 6.45) is 0. The molecule has 9 aromatic carbocycles. The molecule has 10 aromatic rings. The van der Waals surface area contributed by atoms with Crippen LogP contribution in [0.4, 0.5) is 17.1 Å². The lowest BCUT2D eigenvalue weighted by molar-refractivity contribution is 1.18. The fourth-order valence-corrected chi connectivity index (χ4v) is 8.11. The first-order valence-corrected chi connectivity index (χ1v) is 18.5. The van der Waals surface area contributed by atoms with Crippen molar-refractivity contribution in [3.05, 3.63) is 218 Å². The van der Waals surface area contributed by atoms with Gasteiger partial charge in [-0.2, -0.15) is 0 Å². The summed E-state index contributed by atoms with van der Waals surface area (Å²) in [5, 5.41) is 5.00. The summed E-state index contributed by atoms with van der Waals surface area (Å²) in [6.45, 7) is 0. The third kappa shape index (κ3) is 5.44. The molecule has 0 fully saturated rings. The molecule has 0 aliphatic rings. The predicted molar refractivity (Wildman–Crippen MR) is 229 cm³/mol. The molecular formula is C52H36N2. The molecule has 0 aliphatic heterocycles. The van der Waals surface area contributed by atoms with E-state index in [0.29, 0.717) is 0 Å². The highest BCUT2D eigenvalue weighted by Gasteiger charge is 2.20. The third-order valence-electron chi connectivity index (χ3n) is 10.6. The molecule has 54 heavy (non-hydrogen) atoms. The summed E-state index contributed by atoms with van der Waals surface area (Å²) >= 11 is 0. The first-order valence-electron chi connectivity index (χ1n) is 18.5. The molecular weight excluding hydrogens is 653 g/mol. The molecule has 1 heterocycles. The lowest BCUT2D eigenvalue weighted by atomic mass is 9.94. The number of fused-ring (bicyclic) bond motifs is 4. The molecule has 0 amide bonds. The number of hydrogen-bond donors (Lipinski definition) is 0. The van der Waals surface area contributed by atoms with Crippen LogP contribution in [0.15, 0.2) is 218 Å². The van der Waals surface area contributed by atoms with Gasteiger partial charge in [-0.05, 0) is 81.6 Å². The van der Waals surface area contributed by atoms with Gasteiger partial charge in [0, 0.05) is 33.3 Å². The molecule has 2 heteroatoms. The van der Waals surface area contributed by atoms with E-state index in [1.165, 1.54) is 60.4 Å². The molecule has 2 nitrogen and oxygen atoms in total. The average Bonchev–Trinajstić information content (AvgIpc) is 3.59. The van der Waals surface area contributed by atoms with E-state index >= 15 is 0 Å². The van der Waals surface area contributed by atoms with Crippen molar-refractivity contribution < 1.29 is 0 Å². The number of nitrogens with zero attached hydrogens (tertiary/aromatic N) is 2. The van der Waals surface area contributed by atoms with Gasteiger partial charge in [0.05, 0.1) is 22.4 Å². The SMILES string of the molecule is c1ccc(-c2ccc(-c3cccc4ccccc34)cc2N(c2ccccc2)c2ccc(-c3ccccc3-n3c4ccccc4c4ccccc43)cc2)cc1. The van der Waals surface area contributed by atoms with Crippen LogP contribution in [-0.2, 0) is 0 Å². The summed E-state index contributed by atoms with van der Waals surface area (Å²) < 4.78 is 2.41. The van der Waals surface area contributed by atoms with Crippen LogP contribution in [0, 0.1) is 0 Å². The van der Waals surface area contributed by atoms with E-state index in [0.717, 1.165) is 28.3 Å². The smallest absolute Gasteiger partial charge is 0.0546 e. The maximum absolute atomic E-state index is 2.41. The lowest BCUT2D eigenvalue weighted by Crippen LogP contribution is -2.11. The minimum absolute atomic E-state index is 1.09. The number of anilines is 3. The Bertz CT molecular complexity index is 2860. The van der Waals surface area contributed by atoms with Gasteiger partial charge in [-0.1, -0.05) is 170 Å². The zero-order valence-electron chi connectivity index (χ0n) is 29.7. The average molecular weight is 689 g/mol. The van der Waals surface area contributed by atoms with Crippen LogP contribution in [0.2, 0.25) is 0 Å². The highest BCUT2D eigenvalue weighted by atomic mass is 15.1. The molecule has 0 saturated carbocycles. The van der Waals surface area contributed by atoms with E-state index in [2.05, 4.69) is 228 Å². The summed E-state index contributed by atoms with van der Waals surface area (Å²) in [5.41, 5.74) is 14.0. The Morgan fingerprint density at radius 2 is 0.833 bits per heavy atom. The van der Waals surface area contributed by atoms with E-state index < -0.39 is 0 Å². The van der Waals surface area contributed by atoms with Crippen molar-refractivity contribution in [3.8, 4) is 39.1 Å². The van der Waals surface area contributed by atoms with Crippen molar-refractivity contribution in [2.45, 2.75) is 0 Å². The summed E-state index contributed by atoms with van der Waals surface area (Å²) in [5.74, 6) is 0. The first-order chi connectivity index (χ1) is 26.8. The number of benzene rings is 9. The van der Waals surface area contributed by atoms with Crippen LogP contribution in [0.3, 0.4) is 0 Å². The Labute approximate surface area is 315 Å². The Morgan fingerprint density at radius 3 is 1.57 bits per heavy atom. The molecule has 0 unspecified atom stereocenters. The van der Waals surface area contributed by atoms with Gasteiger partial charge in [0.25, 0.3) is 0 Å². The zero-order valence-corrected chi connectivity index (χ0v) is 29.7. The van der Waals surface area contributed by atoms with Gasteiger partial charge in [-0.25, -0.2) is 0 Å². The number of aromatic nitrogens is 1. The molecule has 254 valence electrons. The Balaban J connectivity index is 1.14. The normalized spacial score (nSPS) is 11.3. The van der Waals surface area contributed by atoms with Crippen molar-refractivity contribution in [2.24, 2.45) is 0 Å². The quantitative estimate of drug-likeness (QED) is 0.162. The molecule has 0 aliphatic carbocycles. The van der Waals surface area contributed by atoms with Crippen molar-refractivity contribution >= 4 is 49.6 Å². The van der Waals surface area contributed by atoms with Gasteiger partial charge in [0.15, 0.2) is 0 Å². The molecule has 10 rings (SSSR count). The van der Waals surface area contributed by atoms with Crippen molar-refractivity contribution in [2.75, 3.05) is 4.90 Å². The lowest BCUT2D eigenvalue weighted by Gasteiger charge is -2.29. The minimum atomic E-state index is 1.09. The van der Waals surface area contributed by atoms with E-state index in [9.17, 15) is 0 Å². The molecule has 0 radical (unpaired) electrons. The Kier molecular flexibility index (Phi) is 7.85. The third-order valence-corrected chi connectivity index (χ3v) is 10.6. The van der Waals surface area contributed by atoms with Crippen LogP contribution in [0.1, 0.15) is 0 Å². The topological polar surface area (TPSA) is 8.17 Å². The summed E-state index contributed by atoms with van der Waals surface area (Å²) in [4.78, 5) is 2.40. The van der Waals surface area contributed by atoms with Gasteiger partial charge in [0.1, 0.15) is 0 Å². The van der Waals surface area contributed by atoms with Crippen molar-refractivity contribution in [3.63, 3.8) is 0 Å². The second-order valence-electron chi connectivity index (χ2n) is 13.7. The van der Waals surface area contributed by atoms with Gasteiger partial charge >= 0.3 is 0 Å². The van der Waals surface area contributed by atoms with Gasteiger partial charge < -0.3 is 9.47 Å². The first kappa shape index (κ1) is 31.6. The number of rotatable bonds is 7. The molecule has 0 atom stereocenters. The van der Waals surface area contributed by atoms with E-state index in [-0.39, 0.29) is 0 Å². The molecule has 1 aromatic heterocycles. The second-order valence-corrected chi connectivity index (χ2v) is 13.7. The maximum atomic E-state index is 2.41. The predicted octanol–water partition coefficient (Wildman–Crippen LogP) is 14.4. The van der Waals surface area contributed by atoms with Gasteiger partial charge in [0.2, 0.25) is 0 Å². The van der Waals surface area contributed by atoms with Gasteiger partial charge in [-0.3, -0.25) is 0 Å². The molecule has 0 saturated heterocycles. The number of para-hydroxylation sites is 4. The van der Waals surface area contributed by atoms with E-state index in [1.807, 2.05) is 0 Å². The second kappa shape index (κ2) is 13.4. The van der Waals surface area contributed by atoms with E-state index in [4.69, 9.17) is 0 Å². The van der Waals surface area contributed by atoms with Crippen molar-refractivity contribution in [1.29, 1.82) is 0 Å². The van der Waals surface area contributed by atoms with Crippen LogP contribution in [0.25, 0.3) is 71.6 Å². The Hall–Kier alpha value is -7.16.